The van der Waals surface area contributed by atoms with Gasteiger partial charge in [-0.15, -0.1) is 6.58 Å². The van der Waals surface area contributed by atoms with Crippen LogP contribution in [0.5, 0.6) is 0 Å². The summed E-state index contributed by atoms with van der Waals surface area (Å²) in [6.07, 6.45) is 4.90. The molecule has 0 saturated carbocycles. The standard InChI is InChI=1S/C18H30O3Si/c1-5-11-17-12-9-13-18(16-17)14-10-15-22(19-6-2,20-7-3)21-8-4/h5,9,12-13,16H,1,6-8,10-11,14-15H2,2-4H3. The number of hydrogen-bond acceptors (Lipinski definition) is 3. The van der Waals surface area contributed by atoms with Crippen LogP contribution in [-0.2, 0) is 26.1 Å². The molecule has 0 saturated heterocycles. The summed E-state index contributed by atoms with van der Waals surface area (Å²) in [4.78, 5) is 0. The fourth-order valence-electron chi connectivity index (χ4n) is 2.59. The largest absolute Gasteiger partial charge is 0.500 e. The fourth-order valence-corrected chi connectivity index (χ4v) is 5.20. The van der Waals surface area contributed by atoms with Crippen molar-refractivity contribution in [3.63, 3.8) is 0 Å². The second kappa shape index (κ2) is 10.7. The van der Waals surface area contributed by atoms with Crippen molar-refractivity contribution < 1.29 is 13.3 Å². The molecular formula is C18H30O3Si. The lowest BCUT2D eigenvalue weighted by atomic mass is 10.1. The van der Waals surface area contributed by atoms with Crippen LogP contribution in [0.3, 0.4) is 0 Å². The van der Waals surface area contributed by atoms with Gasteiger partial charge in [0, 0.05) is 25.9 Å². The molecule has 0 heterocycles. The van der Waals surface area contributed by atoms with Crippen molar-refractivity contribution in [3.8, 4) is 0 Å². The molecular weight excluding hydrogens is 292 g/mol. The van der Waals surface area contributed by atoms with Gasteiger partial charge < -0.3 is 13.3 Å². The van der Waals surface area contributed by atoms with Gasteiger partial charge in [-0.25, -0.2) is 0 Å². The van der Waals surface area contributed by atoms with Crippen molar-refractivity contribution in [1.29, 1.82) is 0 Å². The van der Waals surface area contributed by atoms with Gasteiger partial charge in [0.15, 0.2) is 0 Å². The molecule has 3 nitrogen and oxygen atoms in total. The summed E-state index contributed by atoms with van der Waals surface area (Å²) in [6.45, 7) is 11.7. The minimum Gasteiger partial charge on any atom is -0.374 e. The smallest absolute Gasteiger partial charge is 0.374 e. The molecule has 0 amide bonds. The zero-order valence-electron chi connectivity index (χ0n) is 14.3. The van der Waals surface area contributed by atoms with Gasteiger partial charge in [-0.05, 0) is 51.2 Å². The Morgan fingerprint density at radius 3 is 2.14 bits per heavy atom. The van der Waals surface area contributed by atoms with E-state index in [1.165, 1.54) is 11.1 Å². The molecule has 0 radical (unpaired) electrons. The van der Waals surface area contributed by atoms with E-state index < -0.39 is 8.80 Å². The Bertz CT molecular complexity index is 417. The van der Waals surface area contributed by atoms with Crippen molar-refractivity contribution in [2.75, 3.05) is 19.8 Å². The Morgan fingerprint density at radius 2 is 1.59 bits per heavy atom. The summed E-state index contributed by atoms with van der Waals surface area (Å²) in [6, 6.07) is 9.57. The molecule has 0 atom stereocenters. The summed E-state index contributed by atoms with van der Waals surface area (Å²) in [7, 11) is -2.49. The molecule has 22 heavy (non-hydrogen) atoms. The van der Waals surface area contributed by atoms with Crippen molar-refractivity contribution in [1.82, 2.24) is 0 Å². The maximum atomic E-state index is 5.89. The Labute approximate surface area is 136 Å². The third-order valence-corrected chi connectivity index (χ3v) is 6.56. The zero-order valence-corrected chi connectivity index (χ0v) is 15.3. The Balaban J connectivity index is 2.60. The molecule has 0 bridgehead atoms. The van der Waals surface area contributed by atoms with Crippen molar-refractivity contribution >= 4 is 8.80 Å². The Kier molecular flexibility index (Phi) is 9.32. The molecule has 4 heteroatoms. The molecule has 0 aliphatic rings. The van der Waals surface area contributed by atoms with Crippen LogP contribution in [-0.4, -0.2) is 28.6 Å². The highest BCUT2D eigenvalue weighted by atomic mass is 28.4. The minimum atomic E-state index is -2.49. The van der Waals surface area contributed by atoms with E-state index >= 15 is 0 Å². The molecule has 1 rings (SSSR count). The van der Waals surface area contributed by atoms with Gasteiger partial charge in [0.05, 0.1) is 0 Å². The number of allylic oxidation sites excluding steroid dienone is 1. The lowest BCUT2D eigenvalue weighted by Crippen LogP contribution is -2.46. The van der Waals surface area contributed by atoms with Crippen LogP contribution in [0, 0.1) is 0 Å². The van der Waals surface area contributed by atoms with Crippen molar-refractivity contribution in [2.45, 2.75) is 46.1 Å². The quantitative estimate of drug-likeness (QED) is 0.422. The highest BCUT2D eigenvalue weighted by Gasteiger charge is 2.39. The molecule has 1 aromatic rings. The third kappa shape index (κ3) is 6.44. The van der Waals surface area contributed by atoms with Crippen LogP contribution in [0.1, 0.15) is 38.3 Å². The first-order chi connectivity index (χ1) is 10.7. The topological polar surface area (TPSA) is 27.7 Å². The molecule has 0 spiro atoms. The number of benzene rings is 1. The van der Waals surface area contributed by atoms with Crippen molar-refractivity contribution in [2.24, 2.45) is 0 Å². The lowest BCUT2D eigenvalue weighted by Gasteiger charge is -2.28. The third-order valence-electron chi connectivity index (χ3n) is 3.41. The first-order valence-electron chi connectivity index (χ1n) is 8.30. The van der Waals surface area contributed by atoms with Crippen LogP contribution in [0.25, 0.3) is 0 Å². The number of rotatable bonds is 12. The van der Waals surface area contributed by atoms with Gasteiger partial charge >= 0.3 is 8.80 Å². The van der Waals surface area contributed by atoms with Gasteiger partial charge in [0.25, 0.3) is 0 Å². The van der Waals surface area contributed by atoms with Gasteiger partial charge in [0.1, 0.15) is 0 Å². The molecule has 0 aromatic heterocycles. The van der Waals surface area contributed by atoms with E-state index in [1.54, 1.807) is 0 Å². The van der Waals surface area contributed by atoms with Gasteiger partial charge in [-0.3, -0.25) is 0 Å². The first-order valence-corrected chi connectivity index (χ1v) is 10.2. The van der Waals surface area contributed by atoms with Crippen LogP contribution < -0.4 is 0 Å². The van der Waals surface area contributed by atoms with E-state index in [0.29, 0.717) is 19.8 Å². The van der Waals surface area contributed by atoms with E-state index in [-0.39, 0.29) is 0 Å². The van der Waals surface area contributed by atoms with Gasteiger partial charge in [-0.2, -0.15) is 0 Å². The summed E-state index contributed by atoms with van der Waals surface area (Å²) >= 11 is 0. The SMILES string of the molecule is C=CCc1cccc(CCC[Si](OCC)(OCC)OCC)c1. The molecule has 1 aromatic carbocycles. The molecule has 0 unspecified atom stereocenters. The molecule has 0 aliphatic heterocycles. The monoisotopic (exact) mass is 322 g/mol. The fraction of sp³-hybridized carbons (Fsp3) is 0.556. The van der Waals surface area contributed by atoms with Crippen LogP contribution in [0.4, 0.5) is 0 Å². The second-order valence-corrected chi connectivity index (χ2v) is 7.88. The van der Waals surface area contributed by atoms with Gasteiger partial charge in [0.2, 0.25) is 0 Å². The van der Waals surface area contributed by atoms with Crippen molar-refractivity contribution in [3.05, 3.63) is 48.0 Å². The van der Waals surface area contributed by atoms with E-state index in [4.69, 9.17) is 13.3 Å². The lowest BCUT2D eigenvalue weighted by molar-refractivity contribution is 0.0708. The highest BCUT2D eigenvalue weighted by Crippen LogP contribution is 2.20. The van der Waals surface area contributed by atoms with E-state index in [0.717, 1.165) is 25.3 Å². The molecule has 0 N–H and O–H groups in total. The molecule has 124 valence electrons. The average molecular weight is 323 g/mol. The summed E-state index contributed by atoms with van der Waals surface area (Å²) < 4.78 is 17.7. The van der Waals surface area contributed by atoms with Gasteiger partial charge in [-0.1, -0.05) is 30.3 Å². The first kappa shape index (κ1) is 19.1. The Hall–Kier alpha value is -0.943. The predicted molar refractivity (Wildman–Crippen MR) is 94.1 cm³/mol. The second-order valence-electron chi connectivity index (χ2n) is 5.15. The summed E-state index contributed by atoms with van der Waals surface area (Å²) in [5.74, 6) is 0. The maximum Gasteiger partial charge on any atom is 0.500 e. The minimum absolute atomic E-state index is 0.640. The number of aryl methyl sites for hydroxylation is 1. The predicted octanol–water partition coefficient (Wildman–Crippen LogP) is 4.40. The normalized spacial score (nSPS) is 11.6. The maximum absolute atomic E-state index is 5.89. The van der Waals surface area contributed by atoms with E-state index in [1.807, 2.05) is 26.8 Å². The van der Waals surface area contributed by atoms with E-state index in [2.05, 4.69) is 30.8 Å². The summed E-state index contributed by atoms with van der Waals surface area (Å²) in [5, 5.41) is 0. The Morgan fingerprint density at radius 1 is 1.00 bits per heavy atom. The van der Waals surface area contributed by atoms with Crippen LogP contribution in [0.2, 0.25) is 6.04 Å². The van der Waals surface area contributed by atoms with Crippen LogP contribution >= 0.6 is 0 Å². The highest BCUT2D eigenvalue weighted by molar-refractivity contribution is 6.60. The molecule has 0 fully saturated rings. The average Bonchev–Trinajstić information content (AvgIpc) is 2.49. The molecule has 0 aliphatic carbocycles. The summed E-state index contributed by atoms with van der Waals surface area (Å²) in [5.41, 5.74) is 2.67. The van der Waals surface area contributed by atoms with E-state index in [9.17, 15) is 0 Å². The zero-order chi connectivity index (χ0) is 16.3. The van der Waals surface area contributed by atoms with Crippen LogP contribution in [0.15, 0.2) is 36.9 Å². The number of hydrogen-bond donors (Lipinski definition) is 0.